The number of benzene rings is 2. The number of hydrogen-bond acceptors (Lipinski definition) is 2. The zero-order chi connectivity index (χ0) is 15.5. The monoisotopic (exact) mass is 387 g/mol. The molecule has 0 aliphatic rings. The van der Waals surface area contributed by atoms with Crippen LogP contribution in [0.1, 0.15) is 18.4 Å². The van der Waals surface area contributed by atoms with Crippen LogP contribution < -0.4 is 4.72 Å². The predicted molar refractivity (Wildman–Crippen MR) is 91.4 cm³/mol. The molecule has 21 heavy (non-hydrogen) atoms. The lowest BCUT2D eigenvalue weighted by molar-refractivity contribution is 0.595. The van der Waals surface area contributed by atoms with Crippen LogP contribution in [0.25, 0.3) is 0 Å². The lowest BCUT2D eigenvalue weighted by atomic mass is 10.0. The van der Waals surface area contributed by atoms with Crippen molar-refractivity contribution in [3.8, 4) is 0 Å². The van der Waals surface area contributed by atoms with Crippen LogP contribution in [-0.2, 0) is 10.0 Å². The average Bonchev–Trinajstić information content (AvgIpc) is 2.43. The molecule has 2 aromatic rings. The van der Waals surface area contributed by atoms with E-state index in [9.17, 15) is 8.42 Å². The topological polar surface area (TPSA) is 46.2 Å². The summed E-state index contributed by atoms with van der Waals surface area (Å²) in [4.78, 5) is 0. The molecule has 0 aromatic heterocycles. The van der Waals surface area contributed by atoms with E-state index >= 15 is 0 Å². The molecular formula is C15H15BrClNO2S. The molecule has 0 heterocycles. The highest BCUT2D eigenvalue weighted by molar-refractivity contribution is 9.10. The smallest absolute Gasteiger partial charge is 0.233 e. The van der Waals surface area contributed by atoms with Crippen molar-refractivity contribution in [2.75, 3.05) is 10.5 Å². The Hall–Kier alpha value is -1.04. The van der Waals surface area contributed by atoms with Crippen LogP contribution in [0, 0.1) is 0 Å². The highest BCUT2D eigenvalue weighted by Gasteiger charge is 2.18. The van der Waals surface area contributed by atoms with Gasteiger partial charge in [0.1, 0.15) is 0 Å². The second kappa shape index (κ2) is 6.81. The van der Waals surface area contributed by atoms with Crippen LogP contribution in [0.5, 0.6) is 0 Å². The molecule has 0 fully saturated rings. The summed E-state index contributed by atoms with van der Waals surface area (Å²) in [6.07, 6.45) is 0. The highest BCUT2D eigenvalue weighted by atomic mass is 79.9. The fourth-order valence-electron chi connectivity index (χ4n) is 1.99. The van der Waals surface area contributed by atoms with Gasteiger partial charge in [0.2, 0.25) is 10.0 Å². The van der Waals surface area contributed by atoms with Gasteiger partial charge in [0.05, 0.1) is 16.5 Å². The van der Waals surface area contributed by atoms with Crippen molar-refractivity contribution in [2.24, 2.45) is 0 Å². The quantitative estimate of drug-likeness (QED) is 0.810. The Kier molecular flexibility index (Phi) is 5.30. The van der Waals surface area contributed by atoms with Crippen molar-refractivity contribution in [1.29, 1.82) is 0 Å². The first-order chi connectivity index (χ1) is 9.87. The number of halogens is 2. The van der Waals surface area contributed by atoms with E-state index in [4.69, 9.17) is 11.6 Å². The summed E-state index contributed by atoms with van der Waals surface area (Å²) >= 11 is 9.31. The van der Waals surface area contributed by atoms with Crippen molar-refractivity contribution in [3.05, 3.63) is 63.6 Å². The second-order valence-corrected chi connectivity index (χ2v) is 7.91. The average molecular weight is 389 g/mol. The summed E-state index contributed by atoms with van der Waals surface area (Å²) in [5, 5.41) is 0.370. The summed E-state index contributed by atoms with van der Waals surface area (Å²) in [6, 6.07) is 14.6. The second-order valence-electron chi connectivity index (χ2n) is 4.82. The standard InChI is InChI=1S/C15H15BrClNO2S/c1-11(12-5-3-2-4-6-12)10-21(19,20)18-15-9-13(16)7-8-14(15)17/h2-9,11,18H,10H2,1H3. The van der Waals surface area contributed by atoms with E-state index in [2.05, 4.69) is 20.7 Å². The fourth-order valence-corrected chi connectivity index (χ4v) is 4.01. The van der Waals surface area contributed by atoms with Crippen LogP contribution in [0.15, 0.2) is 53.0 Å². The Bertz CT molecular complexity index is 720. The fraction of sp³-hybridized carbons (Fsp3) is 0.200. The maximum absolute atomic E-state index is 12.3. The van der Waals surface area contributed by atoms with Gasteiger partial charge in [-0.2, -0.15) is 0 Å². The van der Waals surface area contributed by atoms with Gasteiger partial charge in [0.25, 0.3) is 0 Å². The summed E-state index contributed by atoms with van der Waals surface area (Å²) in [6.45, 7) is 1.89. The van der Waals surface area contributed by atoms with Crippen molar-refractivity contribution >= 4 is 43.2 Å². The van der Waals surface area contributed by atoms with Gasteiger partial charge in [-0.25, -0.2) is 8.42 Å². The van der Waals surface area contributed by atoms with Crippen molar-refractivity contribution in [3.63, 3.8) is 0 Å². The molecule has 0 aliphatic carbocycles. The van der Waals surface area contributed by atoms with Crippen LogP contribution >= 0.6 is 27.5 Å². The van der Waals surface area contributed by atoms with Crippen LogP contribution in [0.3, 0.4) is 0 Å². The number of nitrogens with one attached hydrogen (secondary N) is 1. The minimum Gasteiger partial charge on any atom is -0.282 e. The number of rotatable bonds is 5. The van der Waals surface area contributed by atoms with Crippen LogP contribution in [0.2, 0.25) is 5.02 Å². The minimum atomic E-state index is -3.48. The number of hydrogen-bond donors (Lipinski definition) is 1. The summed E-state index contributed by atoms with van der Waals surface area (Å²) < 4.78 is 27.8. The molecule has 0 saturated carbocycles. The molecule has 0 aliphatic heterocycles. The lowest BCUT2D eigenvalue weighted by Gasteiger charge is -2.14. The Labute approximate surface area is 138 Å². The van der Waals surface area contributed by atoms with E-state index in [1.54, 1.807) is 18.2 Å². The normalized spacial score (nSPS) is 12.9. The van der Waals surface area contributed by atoms with Crippen molar-refractivity contribution < 1.29 is 8.42 Å². The van der Waals surface area contributed by atoms with E-state index in [1.807, 2.05) is 37.3 Å². The lowest BCUT2D eigenvalue weighted by Crippen LogP contribution is -2.20. The van der Waals surface area contributed by atoms with E-state index in [0.29, 0.717) is 10.7 Å². The SMILES string of the molecule is CC(CS(=O)(=O)Nc1cc(Br)ccc1Cl)c1ccccc1. The van der Waals surface area contributed by atoms with Gasteiger partial charge < -0.3 is 0 Å². The van der Waals surface area contributed by atoms with E-state index in [-0.39, 0.29) is 11.7 Å². The van der Waals surface area contributed by atoms with Gasteiger partial charge in [-0.15, -0.1) is 0 Å². The molecule has 112 valence electrons. The van der Waals surface area contributed by atoms with E-state index in [0.717, 1.165) is 10.0 Å². The van der Waals surface area contributed by atoms with Gasteiger partial charge in [0.15, 0.2) is 0 Å². The van der Waals surface area contributed by atoms with Crippen LogP contribution in [-0.4, -0.2) is 14.2 Å². The third-order valence-corrected chi connectivity index (χ3v) is 5.32. The maximum Gasteiger partial charge on any atom is 0.233 e. The molecular weight excluding hydrogens is 374 g/mol. The highest BCUT2D eigenvalue weighted by Crippen LogP contribution is 2.27. The third-order valence-electron chi connectivity index (χ3n) is 3.03. The van der Waals surface area contributed by atoms with Gasteiger partial charge in [-0.1, -0.05) is 64.8 Å². The van der Waals surface area contributed by atoms with Crippen molar-refractivity contribution in [2.45, 2.75) is 12.8 Å². The van der Waals surface area contributed by atoms with E-state index in [1.165, 1.54) is 0 Å². The largest absolute Gasteiger partial charge is 0.282 e. The minimum absolute atomic E-state index is 0.000143. The molecule has 0 amide bonds. The first-order valence-corrected chi connectivity index (χ1v) is 9.20. The predicted octanol–water partition coefficient (Wildman–Crippen LogP) is 4.65. The van der Waals surface area contributed by atoms with Gasteiger partial charge >= 0.3 is 0 Å². The molecule has 6 heteroatoms. The summed E-state index contributed by atoms with van der Waals surface area (Å²) in [7, 11) is -3.48. The molecule has 0 bridgehead atoms. The van der Waals surface area contributed by atoms with Crippen LogP contribution in [0.4, 0.5) is 5.69 Å². The molecule has 0 spiro atoms. The first-order valence-electron chi connectivity index (χ1n) is 6.38. The van der Waals surface area contributed by atoms with Gasteiger partial charge in [0, 0.05) is 4.47 Å². The summed E-state index contributed by atoms with van der Waals surface area (Å²) in [5.41, 5.74) is 1.37. The molecule has 0 saturated heterocycles. The zero-order valence-electron chi connectivity index (χ0n) is 11.4. The molecule has 2 rings (SSSR count). The number of anilines is 1. The Morgan fingerprint density at radius 2 is 1.86 bits per heavy atom. The third kappa shape index (κ3) is 4.73. The molecule has 0 radical (unpaired) electrons. The molecule has 3 nitrogen and oxygen atoms in total. The number of sulfonamides is 1. The first kappa shape index (κ1) is 16.3. The Morgan fingerprint density at radius 1 is 1.19 bits per heavy atom. The van der Waals surface area contributed by atoms with E-state index < -0.39 is 10.0 Å². The molecule has 1 unspecified atom stereocenters. The van der Waals surface area contributed by atoms with Crippen molar-refractivity contribution in [1.82, 2.24) is 0 Å². The Morgan fingerprint density at radius 3 is 2.52 bits per heavy atom. The zero-order valence-corrected chi connectivity index (χ0v) is 14.5. The Balaban J connectivity index is 2.14. The molecule has 1 N–H and O–H groups in total. The molecule has 2 aromatic carbocycles. The summed E-state index contributed by atoms with van der Waals surface area (Å²) in [5.74, 6) is -0.102. The molecule has 1 atom stereocenters. The van der Waals surface area contributed by atoms with Gasteiger partial charge in [-0.3, -0.25) is 4.72 Å². The van der Waals surface area contributed by atoms with Gasteiger partial charge in [-0.05, 0) is 29.7 Å². The maximum atomic E-state index is 12.3.